The van der Waals surface area contributed by atoms with E-state index in [1.165, 1.54) is 5.56 Å². The van der Waals surface area contributed by atoms with Crippen molar-refractivity contribution in [2.45, 2.75) is 51.6 Å². The van der Waals surface area contributed by atoms with Gasteiger partial charge in [0.05, 0.1) is 18.9 Å². The molecule has 8 nitrogen and oxygen atoms in total. The summed E-state index contributed by atoms with van der Waals surface area (Å²) in [6.45, 7) is 5.45. The second kappa shape index (κ2) is 11.4. The summed E-state index contributed by atoms with van der Waals surface area (Å²) in [7, 11) is 1.63. The molecule has 1 aliphatic carbocycles. The topological polar surface area (TPSA) is 85.7 Å². The van der Waals surface area contributed by atoms with E-state index in [2.05, 4.69) is 31.3 Å². The molecule has 2 fully saturated rings. The third-order valence-electron chi connectivity index (χ3n) is 7.20. The highest BCUT2D eigenvalue weighted by Gasteiger charge is 2.35. The number of hydrogen-bond acceptors (Lipinski definition) is 5. The molecule has 1 aliphatic heterocycles. The van der Waals surface area contributed by atoms with Crippen molar-refractivity contribution in [3.63, 3.8) is 0 Å². The number of anilines is 1. The van der Waals surface area contributed by atoms with Crippen LogP contribution in [0, 0.1) is 5.92 Å². The van der Waals surface area contributed by atoms with Crippen LogP contribution in [-0.2, 0) is 14.3 Å². The number of benzene rings is 2. The van der Waals surface area contributed by atoms with Crippen LogP contribution in [0.5, 0.6) is 5.75 Å². The zero-order valence-corrected chi connectivity index (χ0v) is 22.4. The van der Waals surface area contributed by atoms with Crippen molar-refractivity contribution in [3.05, 3.63) is 60.3 Å². The highest BCUT2D eigenvalue weighted by molar-refractivity contribution is 5.94. The molecule has 1 N–H and O–H groups in total. The molecule has 1 atom stereocenters. The van der Waals surface area contributed by atoms with Gasteiger partial charge >= 0.3 is 0 Å². The van der Waals surface area contributed by atoms with Crippen molar-refractivity contribution in [2.24, 2.45) is 5.92 Å². The summed E-state index contributed by atoms with van der Waals surface area (Å²) in [5.74, 6) is 1.39. The quantitative estimate of drug-likeness (QED) is 0.409. The summed E-state index contributed by atoms with van der Waals surface area (Å²) in [4.78, 5) is 32.7. The lowest BCUT2D eigenvalue weighted by Crippen LogP contribution is -2.43. The third-order valence-corrected chi connectivity index (χ3v) is 7.20. The Hall–Kier alpha value is -3.65. The molecule has 2 heterocycles. The molecule has 1 saturated heterocycles. The molecule has 0 radical (unpaired) electrons. The van der Waals surface area contributed by atoms with E-state index in [0.29, 0.717) is 25.0 Å². The summed E-state index contributed by atoms with van der Waals surface area (Å²) in [6.07, 6.45) is 5.60. The number of amides is 2. The lowest BCUT2D eigenvalue weighted by Gasteiger charge is -2.25. The number of rotatable bonds is 10. The summed E-state index contributed by atoms with van der Waals surface area (Å²) < 4.78 is 12.9. The van der Waals surface area contributed by atoms with E-state index in [1.807, 2.05) is 47.2 Å². The van der Waals surface area contributed by atoms with E-state index >= 15 is 0 Å². The van der Waals surface area contributed by atoms with Gasteiger partial charge in [-0.2, -0.15) is 0 Å². The molecule has 1 unspecified atom stereocenters. The molecular weight excluding hydrogens is 480 g/mol. The number of nitrogens with zero attached hydrogens (tertiary/aromatic N) is 3. The van der Waals surface area contributed by atoms with Crippen LogP contribution in [0.1, 0.15) is 51.0 Å². The van der Waals surface area contributed by atoms with Gasteiger partial charge in [-0.05, 0) is 73.6 Å². The molecule has 1 aromatic heterocycles. The fourth-order valence-corrected chi connectivity index (χ4v) is 4.78. The molecule has 0 bridgehead atoms. The molecule has 2 aromatic carbocycles. The Morgan fingerprint density at radius 3 is 2.45 bits per heavy atom. The van der Waals surface area contributed by atoms with Crippen LogP contribution in [0.3, 0.4) is 0 Å². The molecule has 0 spiro atoms. The van der Waals surface area contributed by atoms with Crippen molar-refractivity contribution < 1.29 is 19.1 Å². The Kier molecular flexibility index (Phi) is 7.79. The van der Waals surface area contributed by atoms with E-state index in [4.69, 9.17) is 14.5 Å². The van der Waals surface area contributed by atoms with Crippen LogP contribution in [0.15, 0.2) is 54.7 Å². The zero-order valence-electron chi connectivity index (χ0n) is 22.4. The maximum Gasteiger partial charge on any atom is 0.246 e. The fraction of sp³-hybridized carbons (Fsp3) is 0.433. The fourth-order valence-electron chi connectivity index (χ4n) is 4.78. The van der Waals surface area contributed by atoms with Gasteiger partial charge in [0, 0.05) is 36.5 Å². The number of aromatic nitrogens is 2. The van der Waals surface area contributed by atoms with Crippen molar-refractivity contribution in [1.29, 1.82) is 0 Å². The first-order valence-electron chi connectivity index (χ1n) is 13.5. The Morgan fingerprint density at radius 2 is 1.84 bits per heavy atom. The number of carbonyl (C=O) groups is 2. The van der Waals surface area contributed by atoms with Gasteiger partial charge in [0.15, 0.2) is 0 Å². The molecule has 8 heteroatoms. The van der Waals surface area contributed by atoms with E-state index in [9.17, 15) is 9.59 Å². The number of imidazole rings is 1. The third kappa shape index (κ3) is 6.07. The molecular formula is C30H36N4O4. The molecule has 2 amide bonds. The molecule has 1 saturated carbocycles. The van der Waals surface area contributed by atoms with Gasteiger partial charge in [-0.15, -0.1) is 0 Å². The first kappa shape index (κ1) is 26.0. The van der Waals surface area contributed by atoms with Gasteiger partial charge in [-0.1, -0.05) is 26.0 Å². The van der Waals surface area contributed by atoms with Crippen molar-refractivity contribution in [3.8, 4) is 22.7 Å². The molecule has 2 aliphatic rings. The maximum absolute atomic E-state index is 13.3. The Bertz CT molecular complexity index is 1260. The molecule has 38 heavy (non-hydrogen) atoms. The van der Waals surface area contributed by atoms with Gasteiger partial charge in [0.1, 0.15) is 12.3 Å². The Morgan fingerprint density at radius 1 is 1.11 bits per heavy atom. The smallest absolute Gasteiger partial charge is 0.246 e. The van der Waals surface area contributed by atoms with Crippen LogP contribution < -0.4 is 10.1 Å². The number of nitrogens with one attached hydrogen (secondary N) is 1. The number of methoxy groups -OCH3 is 1. The van der Waals surface area contributed by atoms with Crippen LogP contribution in [0.2, 0.25) is 0 Å². The predicted octanol–water partition coefficient (Wildman–Crippen LogP) is 5.03. The minimum absolute atomic E-state index is 0.00590. The van der Waals surface area contributed by atoms with Gasteiger partial charge in [-0.3, -0.25) is 19.5 Å². The monoisotopic (exact) mass is 516 g/mol. The van der Waals surface area contributed by atoms with Crippen molar-refractivity contribution in [2.75, 3.05) is 32.1 Å². The van der Waals surface area contributed by atoms with E-state index in [-0.39, 0.29) is 30.4 Å². The van der Waals surface area contributed by atoms with Gasteiger partial charge < -0.3 is 14.4 Å². The minimum atomic E-state index is -0.274. The average molecular weight is 517 g/mol. The predicted molar refractivity (Wildman–Crippen MR) is 147 cm³/mol. The first-order valence-corrected chi connectivity index (χ1v) is 13.5. The molecule has 5 rings (SSSR count). The normalized spacial score (nSPS) is 17.0. The van der Waals surface area contributed by atoms with Crippen LogP contribution in [-0.4, -0.2) is 59.2 Å². The largest absolute Gasteiger partial charge is 0.497 e. The lowest BCUT2D eigenvalue weighted by molar-refractivity contribution is -0.137. The standard InChI is InChI=1S/C30H36N4O4/c1-20(2)21-8-12-24(13-9-21)34-18-27(22-10-14-25(37-3)15-11-22)31-30(34)32-28(35)19-33(29(36)23-6-7-23)17-26-5-4-16-38-26/h8-15,18,20,23,26H,4-7,16-17,19H2,1-3H3,(H,31,32,35). The molecule has 3 aromatic rings. The van der Waals surface area contributed by atoms with E-state index < -0.39 is 0 Å². The number of hydrogen-bond donors (Lipinski definition) is 1. The number of ether oxygens (including phenoxy) is 2. The summed E-state index contributed by atoms with van der Waals surface area (Å²) in [6, 6.07) is 15.9. The maximum atomic E-state index is 13.3. The first-order chi connectivity index (χ1) is 18.4. The summed E-state index contributed by atoms with van der Waals surface area (Å²) in [5, 5.41) is 2.98. The SMILES string of the molecule is COc1ccc(-c2cn(-c3ccc(C(C)C)cc3)c(NC(=O)CN(CC3CCCO3)C(=O)C3CC3)n2)cc1. The van der Waals surface area contributed by atoms with Crippen LogP contribution >= 0.6 is 0 Å². The van der Waals surface area contributed by atoms with Gasteiger partial charge in [-0.25, -0.2) is 4.98 Å². The van der Waals surface area contributed by atoms with Crippen molar-refractivity contribution >= 4 is 17.8 Å². The van der Waals surface area contributed by atoms with Crippen molar-refractivity contribution in [1.82, 2.24) is 14.5 Å². The number of carbonyl (C=O) groups excluding carboxylic acids is 2. The molecule has 200 valence electrons. The zero-order chi connectivity index (χ0) is 26.6. The van der Waals surface area contributed by atoms with Crippen LogP contribution in [0.4, 0.5) is 5.95 Å². The van der Waals surface area contributed by atoms with E-state index in [0.717, 1.165) is 48.4 Å². The summed E-state index contributed by atoms with van der Waals surface area (Å²) >= 11 is 0. The summed E-state index contributed by atoms with van der Waals surface area (Å²) in [5.41, 5.74) is 3.75. The Balaban J connectivity index is 1.40. The lowest BCUT2D eigenvalue weighted by atomic mass is 10.0. The van der Waals surface area contributed by atoms with Gasteiger partial charge in [0.25, 0.3) is 0 Å². The highest BCUT2D eigenvalue weighted by atomic mass is 16.5. The second-order valence-electron chi connectivity index (χ2n) is 10.5. The van der Waals surface area contributed by atoms with Gasteiger partial charge in [0.2, 0.25) is 17.8 Å². The van der Waals surface area contributed by atoms with Crippen LogP contribution in [0.25, 0.3) is 16.9 Å². The Labute approximate surface area is 224 Å². The highest BCUT2D eigenvalue weighted by Crippen LogP contribution is 2.32. The minimum Gasteiger partial charge on any atom is -0.497 e. The average Bonchev–Trinajstić information content (AvgIpc) is 3.50. The van der Waals surface area contributed by atoms with E-state index in [1.54, 1.807) is 12.0 Å². The second-order valence-corrected chi connectivity index (χ2v) is 10.5.